The Labute approximate surface area is 141 Å². The van der Waals surface area contributed by atoms with E-state index < -0.39 is 5.60 Å². The van der Waals surface area contributed by atoms with Crippen LogP contribution in [0.5, 0.6) is 0 Å². The van der Waals surface area contributed by atoms with Gasteiger partial charge in [0.25, 0.3) is 0 Å². The summed E-state index contributed by atoms with van der Waals surface area (Å²) >= 11 is 0. The molecule has 1 atom stereocenters. The van der Waals surface area contributed by atoms with Gasteiger partial charge in [-0.15, -0.1) is 0 Å². The lowest BCUT2D eigenvalue weighted by atomic mass is 10.0. The minimum Gasteiger partial charge on any atom is -0.463 e. The van der Waals surface area contributed by atoms with E-state index in [1.54, 1.807) is 0 Å². The molecule has 0 aromatic rings. The predicted octanol–water partition coefficient (Wildman–Crippen LogP) is 4.26. The maximum atomic E-state index is 12.0. The molecule has 1 saturated carbocycles. The van der Waals surface area contributed by atoms with E-state index in [9.17, 15) is 4.79 Å². The molecule has 1 saturated heterocycles. The van der Waals surface area contributed by atoms with Crippen LogP contribution in [0.1, 0.15) is 77.6 Å². The van der Waals surface area contributed by atoms with Gasteiger partial charge >= 0.3 is 5.97 Å². The first kappa shape index (κ1) is 18.7. The van der Waals surface area contributed by atoms with Crippen LogP contribution in [0.2, 0.25) is 0 Å². The SMILES string of the molecule is CCCCOC(=O)C1(CCCCCCOCCCC2CC2)CO1. The summed E-state index contributed by atoms with van der Waals surface area (Å²) in [5, 5.41) is 0. The zero-order valence-corrected chi connectivity index (χ0v) is 14.8. The van der Waals surface area contributed by atoms with Crippen LogP contribution in [0.15, 0.2) is 0 Å². The van der Waals surface area contributed by atoms with E-state index in [0.29, 0.717) is 13.2 Å². The number of unbranched alkanes of at least 4 members (excludes halogenated alkanes) is 4. The number of hydrogen-bond acceptors (Lipinski definition) is 4. The van der Waals surface area contributed by atoms with Crippen LogP contribution in [-0.4, -0.2) is 38.0 Å². The van der Waals surface area contributed by atoms with Gasteiger partial charge in [0.15, 0.2) is 5.60 Å². The second-order valence-electron chi connectivity index (χ2n) is 7.13. The summed E-state index contributed by atoms with van der Waals surface area (Å²) in [6, 6.07) is 0. The van der Waals surface area contributed by atoms with Crippen LogP contribution in [0.25, 0.3) is 0 Å². The maximum absolute atomic E-state index is 12.0. The van der Waals surface area contributed by atoms with Gasteiger partial charge in [-0.1, -0.05) is 39.0 Å². The van der Waals surface area contributed by atoms with E-state index in [4.69, 9.17) is 14.2 Å². The highest BCUT2D eigenvalue weighted by molar-refractivity contribution is 5.82. The highest BCUT2D eigenvalue weighted by atomic mass is 16.6. The fraction of sp³-hybridized carbons (Fsp3) is 0.947. The van der Waals surface area contributed by atoms with Crippen LogP contribution < -0.4 is 0 Å². The molecule has 134 valence electrons. The number of rotatable bonds is 15. The molecule has 0 spiro atoms. The summed E-state index contributed by atoms with van der Waals surface area (Å²) in [7, 11) is 0. The van der Waals surface area contributed by atoms with Crippen molar-refractivity contribution in [2.75, 3.05) is 26.4 Å². The molecule has 0 amide bonds. The van der Waals surface area contributed by atoms with E-state index in [0.717, 1.165) is 57.7 Å². The Morgan fingerprint density at radius 2 is 1.78 bits per heavy atom. The van der Waals surface area contributed by atoms with Crippen molar-refractivity contribution < 1.29 is 19.0 Å². The van der Waals surface area contributed by atoms with Crippen molar-refractivity contribution in [2.45, 2.75) is 83.2 Å². The standard InChI is InChI=1S/C19H34O4/c1-2-3-15-22-18(20)19(16-23-19)12-6-4-5-7-13-21-14-8-9-17-10-11-17/h17H,2-16H2,1H3. The normalized spacial score (nSPS) is 23.0. The quantitative estimate of drug-likeness (QED) is 0.256. The van der Waals surface area contributed by atoms with E-state index in [1.807, 2.05) is 0 Å². The van der Waals surface area contributed by atoms with Crippen LogP contribution in [-0.2, 0) is 19.0 Å². The van der Waals surface area contributed by atoms with E-state index in [2.05, 4.69) is 6.92 Å². The van der Waals surface area contributed by atoms with Crippen molar-refractivity contribution >= 4 is 5.97 Å². The Balaban J connectivity index is 1.37. The van der Waals surface area contributed by atoms with E-state index in [-0.39, 0.29) is 5.97 Å². The van der Waals surface area contributed by atoms with Gasteiger partial charge in [0, 0.05) is 13.2 Å². The summed E-state index contributed by atoms with van der Waals surface area (Å²) in [6.45, 7) is 4.97. The van der Waals surface area contributed by atoms with E-state index >= 15 is 0 Å². The zero-order chi connectivity index (χ0) is 16.4. The van der Waals surface area contributed by atoms with Crippen molar-refractivity contribution in [2.24, 2.45) is 5.92 Å². The molecule has 0 aromatic heterocycles. The van der Waals surface area contributed by atoms with Crippen molar-refractivity contribution in [1.82, 2.24) is 0 Å². The molecule has 2 fully saturated rings. The molecule has 2 rings (SSSR count). The van der Waals surface area contributed by atoms with Crippen molar-refractivity contribution in [3.63, 3.8) is 0 Å². The summed E-state index contributed by atoms with van der Waals surface area (Å²) in [4.78, 5) is 12.0. The number of carbonyl (C=O) groups excluding carboxylic acids is 1. The fourth-order valence-corrected chi connectivity index (χ4v) is 2.84. The Hall–Kier alpha value is -0.610. The highest BCUT2D eigenvalue weighted by Crippen LogP contribution is 2.34. The molecular weight excluding hydrogens is 292 g/mol. The minimum absolute atomic E-state index is 0.148. The lowest BCUT2D eigenvalue weighted by Crippen LogP contribution is -2.27. The highest BCUT2D eigenvalue weighted by Gasteiger charge is 2.52. The van der Waals surface area contributed by atoms with Gasteiger partial charge in [-0.2, -0.15) is 0 Å². The monoisotopic (exact) mass is 326 g/mol. The molecule has 0 bridgehead atoms. The minimum atomic E-state index is -0.590. The summed E-state index contributed by atoms with van der Waals surface area (Å²) in [5.41, 5.74) is -0.590. The Morgan fingerprint density at radius 3 is 2.48 bits per heavy atom. The third-order valence-corrected chi connectivity index (χ3v) is 4.81. The number of ether oxygens (including phenoxy) is 3. The van der Waals surface area contributed by atoms with Gasteiger partial charge in [-0.25, -0.2) is 4.79 Å². The predicted molar refractivity (Wildman–Crippen MR) is 90.4 cm³/mol. The lowest BCUT2D eigenvalue weighted by molar-refractivity contribution is -0.150. The molecule has 1 unspecified atom stereocenters. The first-order valence-electron chi connectivity index (χ1n) is 9.66. The zero-order valence-electron chi connectivity index (χ0n) is 14.8. The van der Waals surface area contributed by atoms with Gasteiger partial charge in [-0.3, -0.25) is 0 Å². The van der Waals surface area contributed by atoms with Crippen molar-refractivity contribution in [1.29, 1.82) is 0 Å². The number of carbonyl (C=O) groups is 1. The first-order chi connectivity index (χ1) is 11.3. The van der Waals surface area contributed by atoms with Gasteiger partial charge in [0.05, 0.1) is 13.2 Å². The van der Waals surface area contributed by atoms with Gasteiger partial charge in [0.2, 0.25) is 0 Å². The number of epoxide rings is 1. The first-order valence-corrected chi connectivity index (χ1v) is 9.66. The third kappa shape index (κ3) is 7.67. The lowest BCUT2D eigenvalue weighted by Gasteiger charge is -2.11. The Bertz CT molecular complexity index is 334. The van der Waals surface area contributed by atoms with Crippen LogP contribution in [0.3, 0.4) is 0 Å². The molecule has 1 heterocycles. The average molecular weight is 326 g/mol. The second kappa shape index (κ2) is 10.3. The molecule has 4 nitrogen and oxygen atoms in total. The summed E-state index contributed by atoms with van der Waals surface area (Å²) in [5.74, 6) is 0.870. The van der Waals surface area contributed by atoms with Gasteiger partial charge in [-0.05, 0) is 44.4 Å². The summed E-state index contributed by atoms with van der Waals surface area (Å²) in [6.07, 6.45) is 12.7. The van der Waals surface area contributed by atoms with Gasteiger partial charge < -0.3 is 14.2 Å². The molecular formula is C19H34O4. The Morgan fingerprint density at radius 1 is 1.04 bits per heavy atom. The molecule has 0 N–H and O–H groups in total. The summed E-state index contributed by atoms with van der Waals surface area (Å²) < 4.78 is 16.3. The van der Waals surface area contributed by atoms with Crippen molar-refractivity contribution in [3.05, 3.63) is 0 Å². The average Bonchev–Trinajstić information content (AvgIpc) is 3.45. The molecule has 4 heteroatoms. The van der Waals surface area contributed by atoms with Crippen LogP contribution >= 0.6 is 0 Å². The number of esters is 1. The smallest absolute Gasteiger partial charge is 0.340 e. The van der Waals surface area contributed by atoms with Crippen LogP contribution in [0, 0.1) is 5.92 Å². The van der Waals surface area contributed by atoms with Crippen LogP contribution in [0.4, 0.5) is 0 Å². The topological polar surface area (TPSA) is 48.1 Å². The van der Waals surface area contributed by atoms with Gasteiger partial charge in [0.1, 0.15) is 0 Å². The van der Waals surface area contributed by atoms with Crippen molar-refractivity contribution in [3.8, 4) is 0 Å². The third-order valence-electron chi connectivity index (χ3n) is 4.81. The molecule has 0 aromatic carbocycles. The largest absolute Gasteiger partial charge is 0.463 e. The second-order valence-corrected chi connectivity index (χ2v) is 7.13. The Kier molecular flexibility index (Phi) is 8.38. The molecule has 1 aliphatic carbocycles. The molecule has 0 radical (unpaired) electrons. The molecule has 23 heavy (non-hydrogen) atoms. The maximum Gasteiger partial charge on any atom is 0.340 e. The fourth-order valence-electron chi connectivity index (χ4n) is 2.84. The van der Waals surface area contributed by atoms with E-state index in [1.165, 1.54) is 32.1 Å². The molecule has 2 aliphatic rings. The number of hydrogen-bond donors (Lipinski definition) is 0. The molecule has 1 aliphatic heterocycles.